The van der Waals surface area contributed by atoms with Gasteiger partial charge in [0.05, 0.1) is 41.6 Å². The molecule has 1 saturated heterocycles. The Hall–Kier alpha value is -1.94. The molecule has 3 rings (SSSR count). The third-order valence-electron chi connectivity index (χ3n) is 5.33. The molecule has 0 amide bonds. The molecule has 1 N–H and O–H groups in total. The number of rotatable bonds is 6. The van der Waals surface area contributed by atoms with E-state index in [4.69, 9.17) is 4.74 Å². The van der Waals surface area contributed by atoms with E-state index in [1.54, 1.807) is 19.1 Å². The molecule has 0 saturated carbocycles. The van der Waals surface area contributed by atoms with Gasteiger partial charge >= 0.3 is 6.18 Å². The van der Waals surface area contributed by atoms with Gasteiger partial charge in [0.1, 0.15) is 0 Å². The Morgan fingerprint density at radius 3 is 2.30 bits per heavy atom. The van der Waals surface area contributed by atoms with Crippen molar-refractivity contribution < 1.29 is 31.4 Å². The highest BCUT2D eigenvalue weighted by Crippen LogP contribution is 2.33. The van der Waals surface area contributed by atoms with Crippen molar-refractivity contribution in [3.63, 3.8) is 0 Å². The molecule has 164 valence electrons. The number of sulfone groups is 1. The number of morpholine rings is 1. The van der Waals surface area contributed by atoms with Gasteiger partial charge in [-0.25, -0.2) is 8.42 Å². The van der Waals surface area contributed by atoms with Gasteiger partial charge in [-0.3, -0.25) is 4.90 Å². The van der Waals surface area contributed by atoms with E-state index in [1.165, 1.54) is 24.3 Å². The van der Waals surface area contributed by atoms with Gasteiger partial charge < -0.3 is 9.84 Å². The van der Waals surface area contributed by atoms with Gasteiger partial charge in [-0.15, -0.1) is 0 Å². The largest absolute Gasteiger partial charge is 0.416 e. The van der Waals surface area contributed by atoms with Gasteiger partial charge in [0.15, 0.2) is 9.84 Å². The predicted molar refractivity (Wildman–Crippen MR) is 106 cm³/mol. The number of hydrogen-bond donors (Lipinski definition) is 1. The summed E-state index contributed by atoms with van der Waals surface area (Å²) in [7, 11) is -3.31. The van der Waals surface area contributed by atoms with Crippen LogP contribution in [-0.2, 0) is 20.8 Å². The van der Waals surface area contributed by atoms with Crippen molar-refractivity contribution in [1.82, 2.24) is 4.90 Å². The van der Waals surface area contributed by atoms with Crippen LogP contribution >= 0.6 is 0 Å². The van der Waals surface area contributed by atoms with E-state index in [-0.39, 0.29) is 23.3 Å². The number of alkyl halides is 3. The first kappa shape index (κ1) is 22.7. The first-order valence-electron chi connectivity index (χ1n) is 9.62. The average molecular weight is 443 g/mol. The number of hydrogen-bond acceptors (Lipinski definition) is 5. The van der Waals surface area contributed by atoms with E-state index in [9.17, 15) is 26.7 Å². The molecule has 5 nitrogen and oxygen atoms in total. The summed E-state index contributed by atoms with van der Waals surface area (Å²) in [5.41, 5.74) is 0.684. The van der Waals surface area contributed by atoms with Crippen molar-refractivity contribution in [2.24, 2.45) is 0 Å². The Labute approximate surface area is 174 Å². The number of aliphatic hydroxyl groups excluding tert-OH is 1. The lowest BCUT2D eigenvalue weighted by atomic mass is 10.0. The zero-order valence-corrected chi connectivity index (χ0v) is 17.3. The molecule has 1 aliphatic rings. The number of nitrogens with zero attached hydrogens (tertiary/aromatic N) is 1. The molecule has 0 bridgehead atoms. The number of benzene rings is 2. The fourth-order valence-electron chi connectivity index (χ4n) is 3.54. The standard InChI is InChI=1S/C21H24F3NO4S/c1-2-30(27,28)18-9-5-15(6-10-18)19(14-26)25-11-12-29-20(13-25)16-3-7-17(8-4-16)21(22,23)24/h3-10,19-20,26H,2,11-14H2,1H3/t19-,20?/m0/s1. The Morgan fingerprint density at radius 1 is 1.13 bits per heavy atom. The zero-order valence-electron chi connectivity index (χ0n) is 16.5. The lowest BCUT2D eigenvalue weighted by molar-refractivity contribution is -0.137. The van der Waals surface area contributed by atoms with Crippen LogP contribution in [0.3, 0.4) is 0 Å². The van der Waals surface area contributed by atoms with Gasteiger partial charge in [0.25, 0.3) is 0 Å². The summed E-state index contributed by atoms with van der Waals surface area (Å²) in [4.78, 5) is 2.23. The van der Waals surface area contributed by atoms with E-state index >= 15 is 0 Å². The molecule has 2 aromatic rings. The number of aliphatic hydroxyl groups is 1. The molecule has 2 atom stereocenters. The Bertz CT molecular complexity index is 944. The van der Waals surface area contributed by atoms with Crippen molar-refractivity contribution >= 4 is 9.84 Å². The first-order chi connectivity index (χ1) is 14.2. The minimum absolute atomic E-state index is 0.00798. The topological polar surface area (TPSA) is 66.8 Å². The van der Waals surface area contributed by atoms with Crippen molar-refractivity contribution in [2.75, 3.05) is 32.1 Å². The fourth-order valence-corrected chi connectivity index (χ4v) is 4.42. The summed E-state index contributed by atoms with van der Waals surface area (Å²) in [5, 5.41) is 9.96. The third kappa shape index (κ3) is 5.03. The molecule has 1 aliphatic heterocycles. The maximum atomic E-state index is 12.8. The van der Waals surface area contributed by atoms with Gasteiger partial charge in [0, 0.05) is 13.1 Å². The first-order valence-corrected chi connectivity index (χ1v) is 11.3. The smallest absolute Gasteiger partial charge is 0.394 e. The van der Waals surface area contributed by atoms with Crippen molar-refractivity contribution in [2.45, 2.75) is 30.1 Å². The van der Waals surface area contributed by atoms with Crippen LogP contribution in [0.15, 0.2) is 53.4 Å². The van der Waals surface area contributed by atoms with Crippen LogP contribution in [0, 0.1) is 0 Å². The Morgan fingerprint density at radius 2 is 1.77 bits per heavy atom. The monoisotopic (exact) mass is 443 g/mol. The van der Waals surface area contributed by atoms with E-state index in [0.29, 0.717) is 25.3 Å². The molecule has 1 fully saturated rings. The van der Waals surface area contributed by atoms with Crippen LogP contribution in [0.25, 0.3) is 0 Å². The highest BCUT2D eigenvalue weighted by atomic mass is 32.2. The summed E-state index contributed by atoms with van der Waals surface area (Å²) in [5.74, 6) is 0.00798. The maximum Gasteiger partial charge on any atom is 0.416 e. The number of halogens is 3. The summed E-state index contributed by atoms with van der Waals surface area (Å²) in [6, 6.07) is 11.0. The molecule has 2 aromatic carbocycles. The van der Waals surface area contributed by atoms with Crippen LogP contribution in [0.4, 0.5) is 13.2 Å². The highest BCUT2D eigenvalue weighted by Gasteiger charge is 2.32. The molecule has 1 heterocycles. The number of ether oxygens (including phenoxy) is 1. The average Bonchev–Trinajstić information content (AvgIpc) is 2.74. The fraction of sp³-hybridized carbons (Fsp3) is 0.429. The second kappa shape index (κ2) is 9.05. The molecule has 0 radical (unpaired) electrons. The van der Waals surface area contributed by atoms with Crippen molar-refractivity contribution in [3.8, 4) is 0 Å². The minimum Gasteiger partial charge on any atom is -0.394 e. The second-order valence-electron chi connectivity index (χ2n) is 7.14. The van der Waals surface area contributed by atoms with Crippen molar-refractivity contribution in [3.05, 3.63) is 65.2 Å². The predicted octanol–water partition coefficient (Wildman–Crippen LogP) is 3.61. The summed E-state index contributed by atoms with van der Waals surface area (Å²) in [6.45, 7) is 2.70. The van der Waals surface area contributed by atoms with Gasteiger partial charge in [-0.1, -0.05) is 31.2 Å². The van der Waals surface area contributed by atoms with Crippen LogP contribution < -0.4 is 0 Å². The quantitative estimate of drug-likeness (QED) is 0.739. The lowest BCUT2D eigenvalue weighted by Crippen LogP contribution is -2.42. The van der Waals surface area contributed by atoms with E-state index < -0.39 is 27.7 Å². The summed E-state index contributed by atoms with van der Waals surface area (Å²) in [6.07, 6.45) is -4.81. The summed E-state index contributed by atoms with van der Waals surface area (Å²) < 4.78 is 68.1. The molecule has 0 aromatic heterocycles. The molecule has 1 unspecified atom stereocenters. The van der Waals surface area contributed by atoms with Crippen LogP contribution in [-0.4, -0.2) is 50.5 Å². The van der Waals surface area contributed by atoms with Crippen LogP contribution in [0.1, 0.15) is 35.8 Å². The van der Waals surface area contributed by atoms with Crippen molar-refractivity contribution in [1.29, 1.82) is 0 Å². The van der Waals surface area contributed by atoms with E-state index in [0.717, 1.165) is 17.7 Å². The molecule has 30 heavy (non-hydrogen) atoms. The molecule has 9 heteroatoms. The Kier molecular flexibility index (Phi) is 6.86. The third-order valence-corrected chi connectivity index (χ3v) is 7.08. The molecular weight excluding hydrogens is 419 g/mol. The summed E-state index contributed by atoms with van der Waals surface area (Å²) >= 11 is 0. The van der Waals surface area contributed by atoms with Gasteiger partial charge in [-0.2, -0.15) is 13.2 Å². The second-order valence-corrected chi connectivity index (χ2v) is 9.42. The van der Waals surface area contributed by atoms with Crippen LogP contribution in [0.2, 0.25) is 0 Å². The Balaban J connectivity index is 1.76. The maximum absolute atomic E-state index is 12.8. The minimum atomic E-state index is -4.39. The SMILES string of the molecule is CCS(=O)(=O)c1ccc([C@H](CO)N2CCOC(c3ccc(C(F)(F)F)cc3)C2)cc1. The van der Waals surface area contributed by atoms with Crippen LogP contribution in [0.5, 0.6) is 0 Å². The molecular formula is C21H24F3NO4S. The van der Waals surface area contributed by atoms with Gasteiger partial charge in [0.2, 0.25) is 0 Å². The zero-order chi connectivity index (χ0) is 21.9. The van der Waals surface area contributed by atoms with E-state index in [2.05, 4.69) is 0 Å². The van der Waals surface area contributed by atoms with Gasteiger partial charge in [-0.05, 0) is 35.4 Å². The normalized spacial score (nSPS) is 19.6. The molecule has 0 spiro atoms. The molecule has 0 aliphatic carbocycles. The van der Waals surface area contributed by atoms with E-state index in [1.807, 2.05) is 4.90 Å². The lowest BCUT2D eigenvalue weighted by Gasteiger charge is -2.38. The highest BCUT2D eigenvalue weighted by molar-refractivity contribution is 7.91.